The third-order valence-electron chi connectivity index (χ3n) is 5.16. The van der Waals surface area contributed by atoms with Crippen LogP contribution in [-0.4, -0.2) is 19.2 Å². The minimum atomic E-state index is -0.398. The fraction of sp³-hybridized carbons (Fsp3) is 0.250. The molecule has 0 N–H and O–H groups in total. The Morgan fingerprint density at radius 3 is 1.97 bits per heavy atom. The van der Waals surface area contributed by atoms with Crippen LogP contribution in [0, 0.1) is 5.92 Å². The minimum Gasteiger partial charge on any atom is -0.493 e. The summed E-state index contributed by atoms with van der Waals surface area (Å²) in [6, 6.07) is 22.4. The highest BCUT2D eigenvalue weighted by Crippen LogP contribution is 2.24. The maximum atomic E-state index is 12.5. The van der Waals surface area contributed by atoms with Crippen molar-refractivity contribution in [2.24, 2.45) is 5.92 Å². The number of carbonyl (C=O) groups excluding carboxylic acids is 1. The summed E-state index contributed by atoms with van der Waals surface area (Å²) in [7, 11) is 0. The van der Waals surface area contributed by atoms with Gasteiger partial charge in [-0.25, -0.2) is 4.79 Å². The highest BCUT2D eigenvalue weighted by molar-refractivity contribution is 5.91. The number of ether oxygens (including phenoxy) is 3. The van der Waals surface area contributed by atoms with Gasteiger partial charge in [-0.15, -0.1) is 6.58 Å². The van der Waals surface area contributed by atoms with E-state index in [1.54, 1.807) is 42.5 Å². The molecule has 3 rings (SSSR count). The SMILES string of the molecule is C=CCCOc1ccc(OC(=O)c2ccc(-c3ccc(OC[C@@H](C)CC)cc3)cc2)cc1. The summed E-state index contributed by atoms with van der Waals surface area (Å²) in [6.07, 6.45) is 3.69. The van der Waals surface area contributed by atoms with Crippen molar-refractivity contribution < 1.29 is 19.0 Å². The van der Waals surface area contributed by atoms with E-state index in [4.69, 9.17) is 14.2 Å². The molecule has 0 heterocycles. The molecule has 32 heavy (non-hydrogen) atoms. The van der Waals surface area contributed by atoms with E-state index in [0.29, 0.717) is 23.8 Å². The number of rotatable bonds is 11. The van der Waals surface area contributed by atoms with Crippen molar-refractivity contribution in [3.63, 3.8) is 0 Å². The third-order valence-corrected chi connectivity index (χ3v) is 5.16. The Balaban J connectivity index is 1.56. The van der Waals surface area contributed by atoms with Crippen molar-refractivity contribution in [1.29, 1.82) is 0 Å². The van der Waals surface area contributed by atoms with Gasteiger partial charge in [0.25, 0.3) is 0 Å². The van der Waals surface area contributed by atoms with Gasteiger partial charge in [0.05, 0.1) is 18.8 Å². The highest BCUT2D eigenvalue weighted by atomic mass is 16.5. The lowest BCUT2D eigenvalue weighted by Crippen LogP contribution is -2.08. The number of hydrogen-bond acceptors (Lipinski definition) is 4. The Hall–Kier alpha value is -3.53. The van der Waals surface area contributed by atoms with Crippen molar-refractivity contribution in [3.05, 3.63) is 91.0 Å². The summed E-state index contributed by atoms with van der Waals surface area (Å²) in [5, 5.41) is 0. The summed E-state index contributed by atoms with van der Waals surface area (Å²) in [6.45, 7) is 9.30. The molecule has 4 heteroatoms. The predicted octanol–water partition coefficient (Wildman–Crippen LogP) is 6.95. The van der Waals surface area contributed by atoms with E-state index in [1.165, 1.54) is 0 Å². The molecule has 0 bridgehead atoms. The summed E-state index contributed by atoms with van der Waals surface area (Å²) < 4.78 is 16.8. The smallest absolute Gasteiger partial charge is 0.343 e. The average Bonchev–Trinajstić information content (AvgIpc) is 2.84. The molecule has 4 nitrogen and oxygen atoms in total. The molecule has 3 aromatic rings. The normalized spacial score (nSPS) is 11.4. The number of esters is 1. The first-order valence-corrected chi connectivity index (χ1v) is 11.0. The lowest BCUT2D eigenvalue weighted by molar-refractivity contribution is 0.0734. The van der Waals surface area contributed by atoms with Gasteiger partial charge in [-0.1, -0.05) is 50.6 Å². The van der Waals surface area contributed by atoms with Crippen LogP contribution in [0.5, 0.6) is 17.2 Å². The second-order valence-electron chi connectivity index (χ2n) is 7.71. The van der Waals surface area contributed by atoms with Gasteiger partial charge in [0.15, 0.2) is 0 Å². The van der Waals surface area contributed by atoms with Crippen LogP contribution >= 0.6 is 0 Å². The van der Waals surface area contributed by atoms with Crippen molar-refractivity contribution >= 4 is 5.97 Å². The van der Waals surface area contributed by atoms with Crippen LogP contribution in [0.25, 0.3) is 11.1 Å². The van der Waals surface area contributed by atoms with E-state index in [-0.39, 0.29) is 0 Å². The van der Waals surface area contributed by atoms with E-state index in [9.17, 15) is 4.79 Å². The molecular formula is C28H30O4. The number of carbonyl (C=O) groups is 1. The molecule has 0 aliphatic carbocycles. The molecule has 1 atom stereocenters. The molecule has 0 aliphatic heterocycles. The monoisotopic (exact) mass is 430 g/mol. The Morgan fingerprint density at radius 2 is 1.38 bits per heavy atom. The second kappa shape index (κ2) is 11.8. The van der Waals surface area contributed by atoms with Gasteiger partial charge in [-0.2, -0.15) is 0 Å². The van der Waals surface area contributed by atoms with Crippen LogP contribution in [0.15, 0.2) is 85.5 Å². The average molecular weight is 431 g/mol. The summed E-state index contributed by atoms with van der Waals surface area (Å²) in [5.74, 6) is 2.21. The molecular weight excluding hydrogens is 400 g/mol. The lowest BCUT2D eigenvalue weighted by Gasteiger charge is -2.11. The standard InChI is InChI=1S/C28H30O4/c1-4-6-19-30-25-15-17-27(18-16-25)32-28(29)24-9-7-22(8-10-24)23-11-13-26(14-12-23)31-20-21(3)5-2/h4,7-18,21H,1,5-6,19-20H2,2-3H3/t21-/m0/s1. The van der Waals surface area contributed by atoms with E-state index in [2.05, 4.69) is 20.4 Å². The van der Waals surface area contributed by atoms with E-state index < -0.39 is 5.97 Å². The van der Waals surface area contributed by atoms with Gasteiger partial charge in [-0.3, -0.25) is 0 Å². The van der Waals surface area contributed by atoms with E-state index >= 15 is 0 Å². The molecule has 0 amide bonds. The van der Waals surface area contributed by atoms with Gasteiger partial charge >= 0.3 is 5.97 Å². The van der Waals surface area contributed by atoms with Crippen molar-refractivity contribution in [2.75, 3.05) is 13.2 Å². The summed E-state index contributed by atoms with van der Waals surface area (Å²) in [4.78, 5) is 12.5. The van der Waals surface area contributed by atoms with Crippen LogP contribution in [0.3, 0.4) is 0 Å². The zero-order chi connectivity index (χ0) is 22.8. The number of benzene rings is 3. The largest absolute Gasteiger partial charge is 0.493 e. The van der Waals surface area contributed by atoms with Crippen molar-refractivity contribution in [2.45, 2.75) is 26.7 Å². The molecule has 0 spiro atoms. The topological polar surface area (TPSA) is 44.8 Å². The fourth-order valence-corrected chi connectivity index (χ4v) is 2.93. The molecule has 0 aromatic heterocycles. The maximum Gasteiger partial charge on any atom is 0.343 e. The van der Waals surface area contributed by atoms with Crippen LogP contribution in [-0.2, 0) is 0 Å². The summed E-state index contributed by atoms with van der Waals surface area (Å²) in [5.41, 5.74) is 2.58. The molecule has 0 unspecified atom stereocenters. The van der Waals surface area contributed by atoms with Crippen LogP contribution in [0.4, 0.5) is 0 Å². The maximum absolute atomic E-state index is 12.5. The molecule has 166 valence electrons. The van der Waals surface area contributed by atoms with Gasteiger partial charge in [0.2, 0.25) is 0 Å². The zero-order valence-electron chi connectivity index (χ0n) is 18.8. The minimum absolute atomic E-state index is 0.398. The van der Waals surface area contributed by atoms with Crippen molar-refractivity contribution in [1.82, 2.24) is 0 Å². The van der Waals surface area contributed by atoms with Crippen LogP contribution < -0.4 is 14.2 Å². The zero-order valence-corrected chi connectivity index (χ0v) is 18.8. The Morgan fingerprint density at radius 1 is 0.844 bits per heavy atom. The molecule has 0 aliphatic rings. The third kappa shape index (κ3) is 6.74. The van der Waals surface area contributed by atoms with Crippen LogP contribution in [0.2, 0.25) is 0 Å². The Bertz CT molecular complexity index is 989. The second-order valence-corrected chi connectivity index (χ2v) is 7.71. The molecule has 0 radical (unpaired) electrons. The van der Waals surface area contributed by atoms with Crippen molar-refractivity contribution in [3.8, 4) is 28.4 Å². The van der Waals surface area contributed by atoms with Gasteiger partial charge in [0.1, 0.15) is 17.2 Å². The fourth-order valence-electron chi connectivity index (χ4n) is 2.93. The molecule has 0 fully saturated rings. The first-order chi connectivity index (χ1) is 15.6. The van der Waals surface area contributed by atoms with Gasteiger partial charge < -0.3 is 14.2 Å². The van der Waals surface area contributed by atoms with Crippen LogP contribution in [0.1, 0.15) is 37.0 Å². The Kier molecular flexibility index (Phi) is 8.50. The van der Waals surface area contributed by atoms with E-state index in [1.807, 2.05) is 36.4 Å². The molecule has 3 aromatic carbocycles. The first kappa shape index (κ1) is 23.1. The van der Waals surface area contributed by atoms with Gasteiger partial charge in [-0.05, 0) is 72.0 Å². The van der Waals surface area contributed by atoms with Gasteiger partial charge in [0, 0.05) is 0 Å². The summed E-state index contributed by atoms with van der Waals surface area (Å²) >= 11 is 0. The predicted molar refractivity (Wildman–Crippen MR) is 129 cm³/mol. The number of hydrogen-bond donors (Lipinski definition) is 0. The lowest BCUT2D eigenvalue weighted by atomic mass is 10.0. The van der Waals surface area contributed by atoms with E-state index in [0.717, 1.165) is 42.1 Å². The molecule has 0 saturated heterocycles. The highest BCUT2D eigenvalue weighted by Gasteiger charge is 2.10. The quantitative estimate of drug-likeness (QED) is 0.143. The Labute approximate surface area is 190 Å². The first-order valence-electron chi connectivity index (χ1n) is 11.0. The molecule has 0 saturated carbocycles.